The van der Waals surface area contributed by atoms with Crippen molar-refractivity contribution in [1.82, 2.24) is 5.32 Å². The summed E-state index contributed by atoms with van der Waals surface area (Å²) in [6, 6.07) is 8.27. The van der Waals surface area contributed by atoms with Crippen molar-refractivity contribution in [2.24, 2.45) is 0 Å². The second-order valence-corrected chi connectivity index (χ2v) is 3.47. The van der Waals surface area contributed by atoms with Gasteiger partial charge in [-0.15, -0.1) is 0 Å². The van der Waals surface area contributed by atoms with Crippen LogP contribution < -0.4 is 10.1 Å². The Labute approximate surface area is 95.9 Å². The van der Waals surface area contributed by atoms with E-state index in [2.05, 4.69) is 18.3 Å². The number of rotatable bonds is 5. The number of hydrogen-bond donors (Lipinski definition) is 1. The predicted molar refractivity (Wildman–Crippen MR) is 64.4 cm³/mol. The Morgan fingerprint density at radius 1 is 1.47 bits per heavy atom. The second kappa shape index (κ2) is 6.49. The van der Waals surface area contributed by atoms with Crippen LogP contribution in [-0.2, 0) is 0 Å². The van der Waals surface area contributed by atoms with Gasteiger partial charge in [-0.25, -0.2) is 0 Å². The predicted octanol–water partition coefficient (Wildman–Crippen LogP) is 3.10. The van der Waals surface area contributed by atoms with E-state index in [1.807, 2.05) is 25.2 Å². The lowest BCUT2D eigenvalue weighted by atomic mass is 10.1. The molecule has 0 heterocycles. The highest BCUT2D eigenvalue weighted by Gasteiger charge is 2.08. The monoisotopic (exact) mass is 225 g/mol. The standard InChI is InChI=1S/C12H16ClNO/c1-10(14-2)11-6-3-4-7-12(11)15-9-5-8-13/h3-8,10,14H,9H2,1-2H3/b8-5+. The number of hydrogen-bond acceptors (Lipinski definition) is 2. The van der Waals surface area contributed by atoms with Crippen molar-refractivity contribution in [2.45, 2.75) is 13.0 Å². The molecule has 1 N–H and O–H groups in total. The molecule has 0 saturated carbocycles. The summed E-state index contributed by atoms with van der Waals surface area (Å²) in [6.45, 7) is 2.59. The molecule has 0 fully saturated rings. The Morgan fingerprint density at radius 3 is 2.87 bits per heavy atom. The molecule has 0 aliphatic heterocycles. The summed E-state index contributed by atoms with van der Waals surface area (Å²) in [7, 11) is 1.93. The zero-order valence-electron chi connectivity index (χ0n) is 9.03. The van der Waals surface area contributed by atoms with Crippen LogP contribution in [0.15, 0.2) is 35.9 Å². The summed E-state index contributed by atoms with van der Waals surface area (Å²) >= 11 is 5.42. The third kappa shape index (κ3) is 3.57. The molecule has 0 spiro atoms. The van der Waals surface area contributed by atoms with Gasteiger partial charge in [-0.1, -0.05) is 29.8 Å². The maximum absolute atomic E-state index is 5.59. The van der Waals surface area contributed by atoms with Crippen LogP contribution in [0.25, 0.3) is 0 Å². The number of halogens is 1. The SMILES string of the molecule is CNC(C)c1ccccc1OC/C=C/Cl. The Kier molecular flexibility index (Phi) is 5.22. The normalized spacial score (nSPS) is 13.0. The first kappa shape index (κ1) is 12.1. The van der Waals surface area contributed by atoms with Gasteiger partial charge in [-0.05, 0) is 26.1 Å². The minimum absolute atomic E-state index is 0.279. The van der Waals surface area contributed by atoms with Gasteiger partial charge in [0, 0.05) is 17.1 Å². The minimum Gasteiger partial charge on any atom is -0.489 e. The first-order valence-corrected chi connectivity index (χ1v) is 5.37. The van der Waals surface area contributed by atoms with E-state index in [0.29, 0.717) is 6.61 Å². The third-order valence-electron chi connectivity index (χ3n) is 2.24. The maximum Gasteiger partial charge on any atom is 0.124 e. The van der Waals surface area contributed by atoms with Crippen molar-refractivity contribution < 1.29 is 4.74 Å². The molecule has 0 saturated heterocycles. The van der Waals surface area contributed by atoms with Crippen LogP contribution in [0.3, 0.4) is 0 Å². The number of para-hydroxylation sites is 1. The van der Waals surface area contributed by atoms with Gasteiger partial charge in [0.05, 0.1) is 0 Å². The van der Waals surface area contributed by atoms with Crippen LogP contribution >= 0.6 is 11.6 Å². The largest absolute Gasteiger partial charge is 0.489 e. The summed E-state index contributed by atoms with van der Waals surface area (Å²) < 4.78 is 5.59. The summed E-state index contributed by atoms with van der Waals surface area (Å²) in [5, 5.41) is 3.19. The van der Waals surface area contributed by atoms with Gasteiger partial charge < -0.3 is 10.1 Å². The summed E-state index contributed by atoms with van der Waals surface area (Å²) in [6.07, 6.45) is 1.77. The van der Waals surface area contributed by atoms with E-state index < -0.39 is 0 Å². The van der Waals surface area contributed by atoms with E-state index in [0.717, 1.165) is 11.3 Å². The molecule has 0 radical (unpaired) electrons. The van der Waals surface area contributed by atoms with E-state index in [9.17, 15) is 0 Å². The molecular formula is C12H16ClNO. The molecule has 1 aromatic rings. The zero-order chi connectivity index (χ0) is 11.1. The fraction of sp³-hybridized carbons (Fsp3) is 0.333. The summed E-state index contributed by atoms with van der Waals surface area (Å²) in [5.41, 5.74) is 2.62. The Morgan fingerprint density at radius 2 is 2.20 bits per heavy atom. The van der Waals surface area contributed by atoms with Gasteiger partial charge in [0.25, 0.3) is 0 Å². The zero-order valence-corrected chi connectivity index (χ0v) is 9.79. The van der Waals surface area contributed by atoms with Gasteiger partial charge in [0.1, 0.15) is 12.4 Å². The highest BCUT2D eigenvalue weighted by atomic mass is 35.5. The highest BCUT2D eigenvalue weighted by molar-refractivity contribution is 6.25. The molecule has 0 aliphatic rings. The lowest BCUT2D eigenvalue weighted by Gasteiger charge is -2.15. The molecule has 0 aromatic heterocycles. The Hall–Kier alpha value is -0.990. The molecule has 3 heteroatoms. The van der Waals surface area contributed by atoms with E-state index in [1.54, 1.807) is 6.08 Å². The van der Waals surface area contributed by atoms with Crippen molar-refractivity contribution in [3.05, 3.63) is 41.4 Å². The average Bonchev–Trinajstić information content (AvgIpc) is 2.29. The molecule has 0 amide bonds. The van der Waals surface area contributed by atoms with Crippen LogP contribution in [0.1, 0.15) is 18.5 Å². The topological polar surface area (TPSA) is 21.3 Å². The van der Waals surface area contributed by atoms with Gasteiger partial charge >= 0.3 is 0 Å². The molecule has 1 atom stereocenters. The molecule has 0 aliphatic carbocycles. The van der Waals surface area contributed by atoms with Gasteiger partial charge in [0.2, 0.25) is 0 Å². The van der Waals surface area contributed by atoms with Gasteiger partial charge in [0.15, 0.2) is 0 Å². The fourth-order valence-electron chi connectivity index (χ4n) is 1.30. The molecule has 1 unspecified atom stereocenters. The lowest BCUT2D eigenvalue weighted by Crippen LogP contribution is -2.13. The quantitative estimate of drug-likeness (QED) is 0.832. The van der Waals surface area contributed by atoms with Crippen LogP contribution in [0, 0.1) is 0 Å². The fourth-order valence-corrected chi connectivity index (χ4v) is 1.37. The molecule has 15 heavy (non-hydrogen) atoms. The van der Waals surface area contributed by atoms with E-state index >= 15 is 0 Å². The van der Waals surface area contributed by atoms with E-state index in [-0.39, 0.29) is 6.04 Å². The number of nitrogens with one attached hydrogen (secondary N) is 1. The van der Waals surface area contributed by atoms with Crippen molar-refractivity contribution in [1.29, 1.82) is 0 Å². The van der Waals surface area contributed by atoms with Crippen molar-refractivity contribution in [3.8, 4) is 5.75 Å². The first-order chi connectivity index (χ1) is 7.29. The second-order valence-electron chi connectivity index (χ2n) is 3.22. The Balaban J connectivity index is 2.76. The molecule has 0 bridgehead atoms. The van der Waals surface area contributed by atoms with E-state index in [1.165, 1.54) is 5.54 Å². The van der Waals surface area contributed by atoms with E-state index in [4.69, 9.17) is 16.3 Å². The Bertz CT molecular complexity index is 325. The maximum atomic E-state index is 5.59. The molecular weight excluding hydrogens is 210 g/mol. The third-order valence-corrected chi connectivity index (χ3v) is 2.42. The van der Waals surface area contributed by atoms with Gasteiger partial charge in [-0.3, -0.25) is 0 Å². The number of benzene rings is 1. The minimum atomic E-state index is 0.279. The van der Waals surface area contributed by atoms with Crippen LogP contribution in [0.2, 0.25) is 0 Å². The molecule has 1 aromatic carbocycles. The summed E-state index contributed by atoms with van der Waals surface area (Å²) in [5.74, 6) is 0.897. The van der Waals surface area contributed by atoms with Crippen molar-refractivity contribution in [3.63, 3.8) is 0 Å². The van der Waals surface area contributed by atoms with Crippen LogP contribution in [-0.4, -0.2) is 13.7 Å². The smallest absolute Gasteiger partial charge is 0.124 e. The van der Waals surface area contributed by atoms with Gasteiger partial charge in [-0.2, -0.15) is 0 Å². The molecule has 2 nitrogen and oxygen atoms in total. The van der Waals surface area contributed by atoms with Crippen molar-refractivity contribution in [2.75, 3.05) is 13.7 Å². The van der Waals surface area contributed by atoms with Crippen molar-refractivity contribution >= 4 is 11.6 Å². The van der Waals surface area contributed by atoms with Crippen LogP contribution in [0.5, 0.6) is 5.75 Å². The first-order valence-electron chi connectivity index (χ1n) is 4.93. The average molecular weight is 226 g/mol. The number of ether oxygens (including phenoxy) is 1. The molecule has 82 valence electrons. The highest BCUT2D eigenvalue weighted by Crippen LogP contribution is 2.24. The molecule has 1 rings (SSSR count). The summed E-state index contributed by atoms with van der Waals surface area (Å²) in [4.78, 5) is 0. The lowest BCUT2D eigenvalue weighted by molar-refractivity contribution is 0.355. The van der Waals surface area contributed by atoms with Crippen LogP contribution in [0.4, 0.5) is 0 Å².